The second-order valence-electron chi connectivity index (χ2n) is 5.32. The van der Waals surface area contributed by atoms with Crippen molar-refractivity contribution in [3.8, 4) is 5.75 Å². The molecule has 8 heteroatoms. The summed E-state index contributed by atoms with van der Waals surface area (Å²) >= 11 is 7.16. The molecule has 0 saturated heterocycles. The Hall–Kier alpha value is -2.25. The number of fused-ring (bicyclic) bond motifs is 2. The second kappa shape index (κ2) is 6.33. The molecule has 0 spiro atoms. The molecule has 3 heterocycles. The number of halogens is 1. The van der Waals surface area contributed by atoms with Gasteiger partial charge in [-0.05, 0) is 11.6 Å². The van der Waals surface area contributed by atoms with E-state index in [0.717, 1.165) is 28.9 Å². The number of imidazole rings is 1. The molecule has 0 atom stereocenters. The molecule has 6 nitrogen and oxygen atoms in total. The average molecular weight is 361 g/mol. The molecule has 1 aliphatic heterocycles. The number of anilines is 1. The Kier molecular flexibility index (Phi) is 4.03. The molecule has 2 aromatic heterocycles. The van der Waals surface area contributed by atoms with Crippen molar-refractivity contribution < 1.29 is 9.53 Å². The number of H-pyrrole nitrogens is 1. The second-order valence-corrected chi connectivity index (χ2v) is 6.68. The normalized spacial score (nSPS) is 12.9. The van der Waals surface area contributed by atoms with Gasteiger partial charge in [0.25, 0.3) is 0 Å². The summed E-state index contributed by atoms with van der Waals surface area (Å²) in [6.45, 7) is 0.702. The topological polar surface area (TPSA) is 79.9 Å². The van der Waals surface area contributed by atoms with Crippen molar-refractivity contribution in [1.29, 1.82) is 0 Å². The largest absolute Gasteiger partial charge is 0.493 e. The molecule has 2 N–H and O–H groups in total. The van der Waals surface area contributed by atoms with Crippen LogP contribution in [0, 0.1) is 0 Å². The summed E-state index contributed by atoms with van der Waals surface area (Å²) in [6.07, 6.45) is 2.55. The van der Waals surface area contributed by atoms with E-state index >= 15 is 0 Å². The van der Waals surface area contributed by atoms with Gasteiger partial charge in [-0.15, -0.1) is 0 Å². The van der Waals surface area contributed by atoms with Crippen LogP contribution in [-0.4, -0.2) is 33.2 Å². The van der Waals surface area contributed by atoms with Crippen LogP contribution in [0.1, 0.15) is 5.56 Å². The Morgan fingerprint density at radius 1 is 1.42 bits per heavy atom. The van der Waals surface area contributed by atoms with Gasteiger partial charge >= 0.3 is 0 Å². The molecule has 122 valence electrons. The number of amides is 1. The van der Waals surface area contributed by atoms with E-state index in [1.54, 1.807) is 12.3 Å². The molecule has 24 heavy (non-hydrogen) atoms. The Morgan fingerprint density at radius 3 is 3.25 bits per heavy atom. The van der Waals surface area contributed by atoms with Crippen LogP contribution in [0.15, 0.2) is 35.6 Å². The molecular weight excluding hydrogens is 348 g/mol. The lowest BCUT2D eigenvalue weighted by Crippen LogP contribution is -2.14. The summed E-state index contributed by atoms with van der Waals surface area (Å²) in [5, 5.41) is 3.91. The molecule has 1 amide bonds. The monoisotopic (exact) mass is 360 g/mol. The lowest BCUT2D eigenvalue weighted by molar-refractivity contribution is -0.113. The van der Waals surface area contributed by atoms with Gasteiger partial charge in [0, 0.05) is 24.2 Å². The third-order valence-electron chi connectivity index (χ3n) is 3.63. The minimum absolute atomic E-state index is 0.102. The number of aromatic amines is 1. The number of nitrogens with zero attached hydrogens (tertiary/aromatic N) is 2. The average Bonchev–Trinajstić information content (AvgIpc) is 3.18. The van der Waals surface area contributed by atoms with Crippen LogP contribution >= 0.6 is 23.4 Å². The van der Waals surface area contributed by atoms with E-state index in [4.69, 9.17) is 16.3 Å². The highest BCUT2D eigenvalue weighted by Crippen LogP contribution is 2.28. The molecule has 3 aromatic rings. The van der Waals surface area contributed by atoms with E-state index in [9.17, 15) is 4.79 Å². The quantitative estimate of drug-likeness (QED) is 0.551. The van der Waals surface area contributed by atoms with Crippen LogP contribution in [0.5, 0.6) is 5.75 Å². The Bertz CT molecular complexity index is 928. The fourth-order valence-electron chi connectivity index (χ4n) is 2.51. The van der Waals surface area contributed by atoms with Gasteiger partial charge in [-0.2, -0.15) is 0 Å². The highest BCUT2D eigenvalue weighted by molar-refractivity contribution is 7.99. The maximum absolute atomic E-state index is 12.1. The van der Waals surface area contributed by atoms with E-state index < -0.39 is 0 Å². The zero-order valence-electron chi connectivity index (χ0n) is 12.5. The zero-order valence-corrected chi connectivity index (χ0v) is 14.1. The van der Waals surface area contributed by atoms with E-state index in [1.807, 2.05) is 18.2 Å². The molecule has 0 bridgehead atoms. The third-order valence-corrected chi connectivity index (χ3v) is 4.71. The first-order valence-electron chi connectivity index (χ1n) is 7.37. The molecule has 0 radical (unpaired) electrons. The van der Waals surface area contributed by atoms with E-state index in [1.165, 1.54) is 17.3 Å². The van der Waals surface area contributed by atoms with Crippen molar-refractivity contribution in [1.82, 2.24) is 15.0 Å². The summed E-state index contributed by atoms with van der Waals surface area (Å²) < 4.78 is 5.51. The van der Waals surface area contributed by atoms with Crippen molar-refractivity contribution in [3.05, 3.63) is 41.2 Å². The molecule has 0 saturated carbocycles. The van der Waals surface area contributed by atoms with Crippen molar-refractivity contribution in [2.75, 3.05) is 17.7 Å². The van der Waals surface area contributed by atoms with E-state index in [0.29, 0.717) is 16.9 Å². The number of aromatic nitrogens is 3. The Labute approximate surface area is 147 Å². The fraction of sp³-hybridized carbons (Fsp3) is 0.188. The Balaban J connectivity index is 1.39. The minimum atomic E-state index is -0.102. The van der Waals surface area contributed by atoms with Crippen LogP contribution in [0.25, 0.3) is 11.0 Å². The van der Waals surface area contributed by atoms with Gasteiger partial charge in [-0.25, -0.2) is 9.97 Å². The third kappa shape index (κ3) is 3.18. The number of carbonyl (C=O) groups excluding carboxylic acids is 1. The standard InChI is InChI=1S/C16H13ClN4O2S/c17-14-6-11-12(7-18-14)21-16(20-11)24-8-15(22)19-10-2-1-9-3-4-23-13(9)5-10/h1-2,5-7H,3-4,8H2,(H,19,22)(H,20,21). The summed E-state index contributed by atoms with van der Waals surface area (Å²) in [7, 11) is 0. The molecule has 0 aliphatic carbocycles. The fourth-order valence-corrected chi connectivity index (χ4v) is 3.34. The summed E-state index contributed by atoms with van der Waals surface area (Å²) in [5.74, 6) is 0.996. The lowest BCUT2D eigenvalue weighted by atomic mass is 10.1. The van der Waals surface area contributed by atoms with Crippen molar-refractivity contribution in [2.24, 2.45) is 0 Å². The van der Waals surface area contributed by atoms with Gasteiger partial charge in [0.05, 0.1) is 29.6 Å². The molecular formula is C16H13ClN4O2S. The highest BCUT2D eigenvalue weighted by Gasteiger charge is 2.13. The van der Waals surface area contributed by atoms with Gasteiger partial charge in [0.15, 0.2) is 5.16 Å². The zero-order chi connectivity index (χ0) is 16.5. The number of hydrogen-bond donors (Lipinski definition) is 2. The molecule has 1 aromatic carbocycles. The molecule has 1 aliphatic rings. The maximum Gasteiger partial charge on any atom is 0.234 e. The predicted molar refractivity (Wildman–Crippen MR) is 93.9 cm³/mol. The number of thioether (sulfide) groups is 1. The number of rotatable bonds is 4. The number of benzene rings is 1. The van der Waals surface area contributed by atoms with E-state index in [-0.39, 0.29) is 11.7 Å². The van der Waals surface area contributed by atoms with Crippen molar-refractivity contribution in [2.45, 2.75) is 11.6 Å². The molecule has 4 rings (SSSR count). The lowest BCUT2D eigenvalue weighted by Gasteiger charge is -2.06. The predicted octanol–water partition coefficient (Wildman–Crippen LogP) is 3.28. The minimum Gasteiger partial charge on any atom is -0.493 e. The summed E-state index contributed by atoms with van der Waals surface area (Å²) in [5.41, 5.74) is 3.44. The SMILES string of the molecule is O=C(CSc1nc2cc(Cl)ncc2[nH]1)Nc1ccc2c(c1)OCC2. The van der Waals surface area contributed by atoms with Gasteiger partial charge in [-0.1, -0.05) is 29.4 Å². The van der Waals surface area contributed by atoms with Gasteiger partial charge < -0.3 is 15.0 Å². The van der Waals surface area contributed by atoms with Gasteiger partial charge in [-0.3, -0.25) is 4.79 Å². The maximum atomic E-state index is 12.1. The van der Waals surface area contributed by atoms with Crippen molar-refractivity contribution in [3.63, 3.8) is 0 Å². The first kappa shape index (κ1) is 15.3. The van der Waals surface area contributed by atoms with Crippen LogP contribution in [0.3, 0.4) is 0 Å². The van der Waals surface area contributed by atoms with Crippen LogP contribution in [-0.2, 0) is 11.2 Å². The van der Waals surface area contributed by atoms with Crippen LogP contribution < -0.4 is 10.1 Å². The Morgan fingerprint density at radius 2 is 2.33 bits per heavy atom. The summed E-state index contributed by atoms with van der Waals surface area (Å²) in [6, 6.07) is 7.42. The smallest absolute Gasteiger partial charge is 0.234 e. The molecule has 0 unspecified atom stereocenters. The molecule has 0 fully saturated rings. The first-order chi connectivity index (χ1) is 11.7. The number of hydrogen-bond acceptors (Lipinski definition) is 5. The number of nitrogens with one attached hydrogen (secondary N) is 2. The van der Waals surface area contributed by atoms with Crippen LogP contribution in [0.2, 0.25) is 5.15 Å². The van der Waals surface area contributed by atoms with Gasteiger partial charge in [0.2, 0.25) is 5.91 Å². The first-order valence-corrected chi connectivity index (χ1v) is 8.73. The van der Waals surface area contributed by atoms with Crippen LogP contribution in [0.4, 0.5) is 5.69 Å². The number of pyridine rings is 1. The number of ether oxygens (including phenoxy) is 1. The number of carbonyl (C=O) groups is 1. The van der Waals surface area contributed by atoms with Gasteiger partial charge in [0.1, 0.15) is 10.9 Å². The summed E-state index contributed by atoms with van der Waals surface area (Å²) in [4.78, 5) is 23.6. The van der Waals surface area contributed by atoms with E-state index in [2.05, 4.69) is 20.3 Å². The van der Waals surface area contributed by atoms with Crippen molar-refractivity contribution >= 4 is 46.0 Å². The highest BCUT2D eigenvalue weighted by atomic mass is 35.5.